The molecule has 0 saturated heterocycles. The van der Waals surface area contributed by atoms with Crippen LogP contribution >= 0.6 is 0 Å². The van der Waals surface area contributed by atoms with Gasteiger partial charge in [0.2, 0.25) is 0 Å². The summed E-state index contributed by atoms with van der Waals surface area (Å²) in [5.74, 6) is 6.31. The van der Waals surface area contributed by atoms with Gasteiger partial charge in [0, 0.05) is 5.56 Å². The van der Waals surface area contributed by atoms with Crippen molar-refractivity contribution in [1.29, 1.82) is 0 Å². The number of hydrazine groups is 1. The molecule has 0 radical (unpaired) electrons. The van der Waals surface area contributed by atoms with Gasteiger partial charge in [-0.3, -0.25) is 5.84 Å². The fraction of sp³-hybridized carbons (Fsp3) is 0.294. The number of nitrogens with one attached hydrogen (secondary N) is 1. The number of methoxy groups -OCH3 is 1. The second-order valence-electron chi connectivity index (χ2n) is 5.23. The molecule has 0 heterocycles. The Morgan fingerprint density at radius 2 is 1.71 bits per heavy atom. The van der Waals surface area contributed by atoms with Crippen molar-refractivity contribution >= 4 is 0 Å². The topological polar surface area (TPSA) is 47.3 Å². The summed E-state index contributed by atoms with van der Waals surface area (Å²) in [7, 11) is 1.65. The molecule has 0 fully saturated rings. The second kappa shape index (κ2) is 6.24. The number of rotatable bonds is 4. The zero-order valence-corrected chi connectivity index (χ0v) is 12.8. The molecule has 0 aliphatic heterocycles. The third-order valence-electron chi connectivity index (χ3n) is 3.93. The van der Waals surface area contributed by atoms with Gasteiger partial charge in [0.05, 0.1) is 13.2 Å². The number of hydrogen-bond acceptors (Lipinski definition) is 3. The average Bonchev–Trinajstić information content (AvgIpc) is 2.45. The molecule has 21 heavy (non-hydrogen) atoms. The molecule has 0 aliphatic carbocycles. The zero-order valence-electron chi connectivity index (χ0n) is 12.8. The van der Waals surface area contributed by atoms with Gasteiger partial charge in [-0.1, -0.05) is 18.2 Å². The molecule has 0 amide bonds. The van der Waals surface area contributed by atoms with E-state index in [1.165, 1.54) is 12.1 Å². The Kier molecular flexibility index (Phi) is 4.60. The summed E-state index contributed by atoms with van der Waals surface area (Å²) in [4.78, 5) is 0. The number of ether oxygens (including phenoxy) is 1. The molecule has 3 nitrogen and oxygen atoms in total. The summed E-state index contributed by atoms with van der Waals surface area (Å²) in [5, 5.41) is 0. The van der Waals surface area contributed by atoms with Gasteiger partial charge in [0.15, 0.2) is 0 Å². The largest absolute Gasteiger partial charge is 0.496 e. The van der Waals surface area contributed by atoms with Crippen molar-refractivity contribution < 1.29 is 9.13 Å². The molecule has 0 spiro atoms. The van der Waals surface area contributed by atoms with Gasteiger partial charge in [0.25, 0.3) is 0 Å². The standard InChI is InChI=1S/C17H21FN2O/c1-10-5-7-15(17(21-4)12(10)3)16(20-19)14-8-6-13(18)9-11(14)2/h5-9,16,20H,19H2,1-4H3. The fourth-order valence-electron chi connectivity index (χ4n) is 2.62. The lowest BCUT2D eigenvalue weighted by Gasteiger charge is -2.23. The molecule has 4 heteroatoms. The molecule has 2 aromatic carbocycles. The van der Waals surface area contributed by atoms with Crippen molar-refractivity contribution in [2.75, 3.05) is 7.11 Å². The Hall–Kier alpha value is -1.91. The summed E-state index contributed by atoms with van der Waals surface area (Å²) >= 11 is 0. The van der Waals surface area contributed by atoms with Gasteiger partial charge in [-0.15, -0.1) is 0 Å². The van der Waals surface area contributed by atoms with E-state index in [9.17, 15) is 4.39 Å². The van der Waals surface area contributed by atoms with E-state index in [0.717, 1.165) is 33.6 Å². The van der Waals surface area contributed by atoms with E-state index in [0.29, 0.717) is 0 Å². The van der Waals surface area contributed by atoms with Gasteiger partial charge >= 0.3 is 0 Å². The maximum atomic E-state index is 13.3. The van der Waals surface area contributed by atoms with E-state index >= 15 is 0 Å². The highest BCUT2D eigenvalue weighted by molar-refractivity contribution is 5.50. The van der Waals surface area contributed by atoms with Gasteiger partial charge < -0.3 is 4.74 Å². The first-order valence-electron chi connectivity index (χ1n) is 6.85. The predicted molar refractivity (Wildman–Crippen MR) is 82.8 cm³/mol. The van der Waals surface area contributed by atoms with E-state index in [1.54, 1.807) is 13.2 Å². The van der Waals surface area contributed by atoms with E-state index in [4.69, 9.17) is 10.6 Å². The Labute approximate surface area is 124 Å². The summed E-state index contributed by atoms with van der Waals surface area (Å²) in [5.41, 5.74) is 7.77. The highest BCUT2D eigenvalue weighted by Gasteiger charge is 2.20. The molecule has 2 aromatic rings. The van der Waals surface area contributed by atoms with Crippen LogP contribution in [0.15, 0.2) is 30.3 Å². The van der Waals surface area contributed by atoms with Gasteiger partial charge in [-0.2, -0.15) is 0 Å². The lowest BCUT2D eigenvalue weighted by Crippen LogP contribution is -2.30. The van der Waals surface area contributed by atoms with Crippen molar-refractivity contribution in [1.82, 2.24) is 5.43 Å². The van der Waals surface area contributed by atoms with Crippen molar-refractivity contribution in [2.45, 2.75) is 26.8 Å². The molecule has 1 atom stereocenters. The Balaban J connectivity index is 2.59. The van der Waals surface area contributed by atoms with Crippen molar-refractivity contribution in [3.63, 3.8) is 0 Å². The molecule has 2 rings (SSSR count). The monoisotopic (exact) mass is 288 g/mol. The highest BCUT2D eigenvalue weighted by atomic mass is 19.1. The van der Waals surface area contributed by atoms with Crippen molar-refractivity contribution in [3.05, 3.63) is 64.0 Å². The Morgan fingerprint density at radius 3 is 2.29 bits per heavy atom. The first-order valence-corrected chi connectivity index (χ1v) is 6.85. The molecule has 0 bridgehead atoms. The van der Waals surface area contributed by atoms with Crippen LogP contribution in [-0.4, -0.2) is 7.11 Å². The summed E-state index contributed by atoms with van der Waals surface area (Å²) in [6.45, 7) is 5.93. The summed E-state index contributed by atoms with van der Waals surface area (Å²) < 4.78 is 18.9. The Bertz CT molecular complexity index is 655. The van der Waals surface area contributed by atoms with Crippen molar-refractivity contribution in [3.8, 4) is 5.75 Å². The van der Waals surface area contributed by atoms with E-state index < -0.39 is 0 Å². The van der Waals surface area contributed by atoms with Crippen LogP contribution in [-0.2, 0) is 0 Å². The molecular weight excluding hydrogens is 267 g/mol. The molecule has 0 aromatic heterocycles. The van der Waals surface area contributed by atoms with Crippen LogP contribution in [0, 0.1) is 26.6 Å². The van der Waals surface area contributed by atoms with Crippen LogP contribution < -0.4 is 16.0 Å². The number of aryl methyl sites for hydroxylation is 2. The van der Waals surface area contributed by atoms with Gasteiger partial charge in [-0.25, -0.2) is 9.82 Å². The Morgan fingerprint density at radius 1 is 1.05 bits per heavy atom. The number of nitrogens with two attached hydrogens (primary N) is 1. The number of halogens is 1. The maximum absolute atomic E-state index is 13.3. The quantitative estimate of drug-likeness (QED) is 0.670. The molecule has 0 aliphatic rings. The molecule has 3 N–H and O–H groups in total. The number of hydrogen-bond donors (Lipinski definition) is 2. The van der Waals surface area contributed by atoms with Crippen LogP contribution in [0.25, 0.3) is 0 Å². The zero-order chi connectivity index (χ0) is 15.6. The minimum Gasteiger partial charge on any atom is -0.496 e. The third kappa shape index (κ3) is 2.91. The minimum absolute atomic E-state index is 0.250. The smallest absolute Gasteiger partial charge is 0.127 e. The van der Waals surface area contributed by atoms with E-state index in [2.05, 4.69) is 5.43 Å². The van der Waals surface area contributed by atoms with Gasteiger partial charge in [-0.05, 0) is 55.2 Å². The maximum Gasteiger partial charge on any atom is 0.127 e. The lowest BCUT2D eigenvalue weighted by atomic mass is 9.92. The minimum atomic E-state index is -0.251. The summed E-state index contributed by atoms with van der Waals surface area (Å²) in [6.07, 6.45) is 0. The fourth-order valence-corrected chi connectivity index (χ4v) is 2.62. The summed E-state index contributed by atoms with van der Waals surface area (Å²) in [6, 6.07) is 8.49. The second-order valence-corrected chi connectivity index (χ2v) is 5.23. The van der Waals surface area contributed by atoms with E-state index in [1.807, 2.05) is 32.9 Å². The third-order valence-corrected chi connectivity index (χ3v) is 3.93. The predicted octanol–water partition coefficient (Wildman–Crippen LogP) is 3.31. The lowest BCUT2D eigenvalue weighted by molar-refractivity contribution is 0.400. The van der Waals surface area contributed by atoms with Crippen LogP contribution in [0.3, 0.4) is 0 Å². The molecule has 0 saturated carbocycles. The van der Waals surface area contributed by atoms with Crippen LogP contribution in [0.2, 0.25) is 0 Å². The molecular formula is C17H21FN2O. The first-order chi connectivity index (χ1) is 9.99. The highest BCUT2D eigenvalue weighted by Crippen LogP contribution is 2.34. The molecule has 1 unspecified atom stereocenters. The first kappa shape index (κ1) is 15.5. The van der Waals surface area contributed by atoms with Crippen LogP contribution in [0.5, 0.6) is 5.75 Å². The van der Waals surface area contributed by atoms with Crippen LogP contribution in [0.1, 0.15) is 33.9 Å². The van der Waals surface area contributed by atoms with Crippen molar-refractivity contribution in [2.24, 2.45) is 5.84 Å². The molecule has 112 valence electrons. The van der Waals surface area contributed by atoms with Crippen LogP contribution in [0.4, 0.5) is 4.39 Å². The van der Waals surface area contributed by atoms with Gasteiger partial charge in [0.1, 0.15) is 11.6 Å². The number of benzene rings is 2. The normalized spacial score (nSPS) is 12.3. The SMILES string of the molecule is COc1c(C(NN)c2ccc(F)cc2C)ccc(C)c1C. The van der Waals surface area contributed by atoms with E-state index in [-0.39, 0.29) is 11.9 Å². The average molecular weight is 288 g/mol.